The Balaban J connectivity index is 2.05. The number of aryl methyl sites for hydroxylation is 1. The van der Waals surface area contributed by atoms with Gasteiger partial charge in [0.25, 0.3) is 0 Å². The molecule has 0 saturated heterocycles. The van der Waals surface area contributed by atoms with Crippen LogP contribution in [0.25, 0.3) is 0 Å². The van der Waals surface area contributed by atoms with Crippen LogP contribution in [0.15, 0.2) is 24.3 Å². The van der Waals surface area contributed by atoms with Gasteiger partial charge in [0.1, 0.15) is 6.04 Å². The molecule has 0 aliphatic heterocycles. The molecule has 1 aliphatic rings. The van der Waals surface area contributed by atoms with Crippen molar-refractivity contribution in [2.24, 2.45) is 5.92 Å². The van der Waals surface area contributed by atoms with Gasteiger partial charge in [-0.1, -0.05) is 24.3 Å². The summed E-state index contributed by atoms with van der Waals surface area (Å²) in [6.45, 7) is 3.57. The molecule has 2 rings (SSSR count). The van der Waals surface area contributed by atoms with Gasteiger partial charge in [-0.3, -0.25) is 4.79 Å². The van der Waals surface area contributed by atoms with Gasteiger partial charge in [-0.25, -0.2) is 4.79 Å². The lowest BCUT2D eigenvalue weighted by atomic mass is 10.0. The predicted octanol–water partition coefficient (Wildman–Crippen LogP) is 2.03. The van der Waals surface area contributed by atoms with Crippen LogP contribution < -0.4 is 0 Å². The fraction of sp³-hybridized carbons (Fsp3) is 0.467. The first-order valence-corrected chi connectivity index (χ1v) is 6.48. The third kappa shape index (κ3) is 2.62. The van der Waals surface area contributed by atoms with Gasteiger partial charge in [-0.15, -0.1) is 0 Å². The maximum Gasteiger partial charge on any atom is 0.326 e. The number of rotatable bonds is 4. The standard InChI is InChI=1S/C15H19NO3/c1-9-6-4-5-7-11(9)12-8-13(12)14(17)16(3)10(2)15(18)19/h4-7,10,12-13H,8H2,1-3H3,(H,18,19)/t10-,12+,13-/m1/s1. The molecule has 1 N–H and O–H groups in total. The zero-order valence-electron chi connectivity index (χ0n) is 11.5. The summed E-state index contributed by atoms with van der Waals surface area (Å²) in [5.41, 5.74) is 2.40. The number of amides is 1. The number of carboxylic acid groups (broad SMARTS) is 1. The molecule has 4 nitrogen and oxygen atoms in total. The molecule has 1 aromatic carbocycles. The van der Waals surface area contributed by atoms with Crippen LogP contribution in [0.5, 0.6) is 0 Å². The molecule has 19 heavy (non-hydrogen) atoms. The zero-order valence-corrected chi connectivity index (χ0v) is 11.5. The van der Waals surface area contributed by atoms with Gasteiger partial charge in [0, 0.05) is 13.0 Å². The van der Waals surface area contributed by atoms with Crippen molar-refractivity contribution in [2.45, 2.75) is 32.2 Å². The van der Waals surface area contributed by atoms with Crippen LogP contribution in [0, 0.1) is 12.8 Å². The zero-order chi connectivity index (χ0) is 14.2. The van der Waals surface area contributed by atoms with Crippen LogP contribution in [0.1, 0.15) is 30.4 Å². The summed E-state index contributed by atoms with van der Waals surface area (Å²) in [4.78, 5) is 24.4. The SMILES string of the molecule is Cc1ccccc1[C@@H]1C[C@H]1C(=O)N(C)[C@H](C)C(=O)O. The molecule has 3 atom stereocenters. The lowest BCUT2D eigenvalue weighted by Gasteiger charge is -2.21. The van der Waals surface area contributed by atoms with Gasteiger partial charge < -0.3 is 10.0 Å². The van der Waals surface area contributed by atoms with Gasteiger partial charge in [-0.05, 0) is 37.3 Å². The highest BCUT2D eigenvalue weighted by Gasteiger charge is 2.46. The van der Waals surface area contributed by atoms with Crippen molar-refractivity contribution in [3.05, 3.63) is 35.4 Å². The Bertz CT molecular complexity index is 512. The first-order chi connectivity index (χ1) is 8.93. The summed E-state index contributed by atoms with van der Waals surface area (Å²) < 4.78 is 0. The molecule has 0 spiro atoms. The first-order valence-electron chi connectivity index (χ1n) is 6.48. The Morgan fingerprint density at radius 3 is 2.58 bits per heavy atom. The second-order valence-electron chi connectivity index (χ2n) is 5.27. The van der Waals surface area contributed by atoms with Crippen LogP contribution >= 0.6 is 0 Å². The number of benzene rings is 1. The van der Waals surface area contributed by atoms with Crippen molar-refractivity contribution in [3.8, 4) is 0 Å². The van der Waals surface area contributed by atoms with Crippen LogP contribution in [0.3, 0.4) is 0 Å². The molecular weight excluding hydrogens is 242 g/mol. The molecule has 0 bridgehead atoms. The molecule has 1 saturated carbocycles. The molecule has 0 aromatic heterocycles. The highest BCUT2D eigenvalue weighted by Crippen LogP contribution is 2.49. The van der Waals surface area contributed by atoms with Gasteiger partial charge >= 0.3 is 5.97 Å². The van der Waals surface area contributed by atoms with E-state index in [4.69, 9.17) is 5.11 Å². The molecule has 1 aromatic rings. The minimum atomic E-state index is -0.969. The van der Waals surface area contributed by atoms with E-state index in [1.54, 1.807) is 7.05 Å². The normalized spacial score (nSPS) is 22.7. The fourth-order valence-corrected chi connectivity index (χ4v) is 2.43. The van der Waals surface area contributed by atoms with Gasteiger partial charge in [0.05, 0.1) is 0 Å². The van der Waals surface area contributed by atoms with Crippen LogP contribution in [0.4, 0.5) is 0 Å². The van der Waals surface area contributed by atoms with Crippen molar-refractivity contribution in [3.63, 3.8) is 0 Å². The summed E-state index contributed by atoms with van der Waals surface area (Å²) >= 11 is 0. The monoisotopic (exact) mass is 261 g/mol. The average molecular weight is 261 g/mol. The quantitative estimate of drug-likeness (QED) is 0.902. The summed E-state index contributed by atoms with van der Waals surface area (Å²) in [5.74, 6) is -0.850. The van der Waals surface area contributed by atoms with Crippen LogP contribution in [0.2, 0.25) is 0 Å². The highest BCUT2D eigenvalue weighted by molar-refractivity contribution is 5.87. The fourth-order valence-electron chi connectivity index (χ4n) is 2.43. The van der Waals surface area contributed by atoms with Crippen molar-refractivity contribution < 1.29 is 14.7 Å². The minimum Gasteiger partial charge on any atom is -0.480 e. The van der Waals surface area contributed by atoms with E-state index in [2.05, 4.69) is 0 Å². The lowest BCUT2D eigenvalue weighted by Crippen LogP contribution is -2.41. The maximum absolute atomic E-state index is 12.2. The minimum absolute atomic E-state index is 0.0621. The molecule has 102 valence electrons. The Morgan fingerprint density at radius 1 is 1.37 bits per heavy atom. The van der Waals surface area contributed by atoms with Crippen molar-refractivity contribution in [1.82, 2.24) is 4.90 Å². The number of likely N-dealkylation sites (N-methyl/N-ethyl adjacent to an activating group) is 1. The Hall–Kier alpha value is -1.84. The Kier molecular flexibility index (Phi) is 3.60. The van der Waals surface area contributed by atoms with Gasteiger partial charge in [-0.2, -0.15) is 0 Å². The molecule has 0 radical (unpaired) electrons. The van der Waals surface area contributed by atoms with Gasteiger partial charge in [0.15, 0.2) is 0 Å². The smallest absolute Gasteiger partial charge is 0.326 e. The van der Waals surface area contributed by atoms with Gasteiger partial charge in [0.2, 0.25) is 5.91 Å². The number of carbonyl (C=O) groups is 2. The van der Waals surface area contributed by atoms with E-state index in [-0.39, 0.29) is 17.7 Å². The van der Waals surface area contributed by atoms with Crippen molar-refractivity contribution >= 4 is 11.9 Å². The molecular formula is C15H19NO3. The summed E-state index contributed by atoms with van der Waals surface area (Å²) in [7, 11) is 1.56. The Morgan fingerprint density at radius 2 is 2.00 bits per heavy atom. The van der Waals surface area contributed by atoms with E-state index in [0.717, 1.165) is 6.42 Å². The van der Waals surface area contributed by atoms with E-state index in [1.807, 2.05) is 31.2 Å². The topological polar surface area (TPSA) is 57.6 Å². The summed E-state index contributed by atoms with van der Waals surface area (Å²) in [6.07, 6.45) is 0.820. The molecule has 1 fully saturated rings. The van der Waals surface area contributed by atoms with Crippen LogP contribution in [-0.2, 0) is 9.59 Å². The molecule has 1 aliphatic carbocycles. The van der Waals surface area contributed by atoms with E-state index in [1.165, 1.54) is 23.0 Å². The van der Waals surface area contributed by atoms with E-state index < -0.39 is 12.0 Å². The average Bonchev–Trinajstić information content (AvgIpc) is 3.16. The third-order valence-electron chi connectivity index (χ3n) is 3.98. The Labute approximate surface area is 113 Å². The molecule has 0 unspecified atom stereocenters. The summed E-state index contributed by atoms with van der Waals surface area (Å²) in [6, 6.07) is 7.28. The lowest BCUT2D eigenvalue weighted by molar-refractivity contribution is -0.148. The maximum atomic E-state index is 12.2. The number of aliphatic carboxylic acids is 1. The van der Waals surface area contributed by atoms with E-state index in [0.29, 0.717) is 0 Å². The highest BCUT2D eigenvalue weighted by atomic mass is 16.4. The first kappa shape index (κ1) is 13.6. The van der Waals surface area contributed by atoms with Crippen LogP contribution in [-0.4, -0.2) is 35.0 Å². The predicted molar refractivity (Wildman–Crippen MR) is 71.9 cm³/mol. The number of carboxylic acids is 1. The van der Waals surface area contributed by atoms with E-state index >= 15 is 0 Å². The second-order valence-corrected chi connectivity index (χ2v) is 5.27. The van der Waals surface area contributed by atoms with Crippen molar-refractivity contribution in [1.29, 1.82) is 0 Å². The second kappa shape index (κ2) is 5.03. The molecule has 4 heteroatoms. The summed E-state index contributed by atoms with van der Waals surface area (Å²) in [5, 5.41) is 8.94. The molecule has 1 amide bonds. The number of carbonyl (C=O) groups excluding carboxylic acids is 1. The molecule has 0 heterocycles. The third-order valence-corrected chi connectivity index (χ3v) is 3.98. The van der Waals surface area contributed by atoms with Crippen molar-refractivity contribution in [2.75, 3.05) is 7.05 Å². The largest absolute Gasteiger partial charge is 0.480 e. The number of hydrogen-bond acceptors (Lipinski definition) is 2. The number of nitrogens with zero attached hydrogens (tertiary/aromatic N) is 1. The number of hydrogen-bond donors (Lipinski definition) is 1. The van der Waals surface area contributed by atoms with E-state index in [9.17, 15) is 9.59 Å².